The lowest BCUT2D eigenvalue weighted by atomic mass is 10.1. The average molecular weight is 407 g/mol. The Morgan fingerprint density at radius 3 is 2.35 bits per heavy atom. The zero-order valence-electron chi connectivity index (χ0n) is 16.7. The third-order valence-corrected chi connectivity index (χ3v) is 6.17. The van der Waals surface area contributed by atoms with Crippen LogP contribution in [0.2, 0.25) is 0 Å². The molecule has 3 N–H and O–H groups in total. The monoisotopic (exact) mass is 406 g/mol. The summed E-state index contributed by atoms with van der Waals surface area (Å²) < 4.78 is 24.6. The molecule has 8 nitrogen and oxygen atoms in total. The van der Waals surface area contributed by atoms with Gasteiger partial charge < -0.3 is 15.5 Å². The van der Waals surface area contributed by atoms with Crippen LogP contribution in [0.1, 0.15) is 26.7 Å². The molecule has 0 amide bonds. The Bertz CT molecular complexity index is 584. The van der Waals surface area contributed by atoms with E-state index in [2.05, 4.69) is 29.4 Å². The Balaban J connectivity index is 2.59. The summed E-state index contributed by atoms with van der Waals surface area (Å²) in [5.74, 6) is 0.490. The van der Waals surface area contributed by atoms with E-state index in [4.69, 9.17) is 10.4 Å². The molecule has 1 rings (SSSR count). The first kappa shape index (κ1) is 23.2. The van der Waals surface area contributed by atoms with Crippen molar-refractivity contribution in [1.82, 2.24) is 19.8 Å². The molecule has 0 saturated carbocycles. The summed E-state index contributed by atoms with van der Waals surface area (Å²) in [4.78, 5) is 6.85. The maximum Gasteiger partial charge on any atom is 0.211 e. The van der Waals surface area contributed by atoms with Gasteiger partial charge in [0.25, 0.3) is 0 Å². The Labute approximate surface area is 162 Å². The second-order valence-electron chi connectivity index (χ2n) is 7.25. The van der Waals surface area contributed by atoms with E-state index in [1.807, 2.05) is 20.4 Å². The predicted molar refractivity (Wildman–Crippen MR) is 112 cm³/mol. The van der Waals surface area contributed by atoms with Gasteiger partial charge in [0.1, 0.15) is 6.17 Å². The van der Waals surface area contributed by atoms with E-state index in [1.165, 1.54) is 10.6 Å². The van der Waals surface area contributed by atoms with Crippen LogP contribution in [-0.2, 0) is 10.0 Å². The Kier molecular flexibility index (Phi) is 9.35. The molecule has 0 aromatic rings. The van der Waals surface area contributed by atoms with Crippen LogP contribution in [0.4, 0.5) is 0 Å². The molecule has 10 heteroatoms. The maximum atomic E-state index is 11.6. The minimum absolute atomic E-state index is 0.103. The average Bonchev–Trinajstić information content (AvgIpc) is 2.52. The number of rotatable bonds is 7. The first-order valence-electron chi connectivity index (χ1n) is 8.85. The highest BCUT2D eigenvalue weighted by atomic mass is 32.2. The molecule has 1 fully saturated rings. The van der Waals surface area contributed by atoms with Crippen LogP contribution in [0, 0.1) is 11.3 Å². The third kappa shape index (κ3) is 8.24. The smallest absolute Gasteiger partial charge is 0.211 e. The largest absolute Gasteiger partial charge is 0.354 e. The van der Waals surface area contributed by atoms with E-state index >= 15 is 0 Å². The lowest BCUT2D eigenvalue weighted by Gasteiger charge is -2.32. The number of nitrogens with zero attached hydrogens (tertiary/aromatic N) is 3. The fourth-order valence-electron chi connectivity index (χ4n) is 2.66. The number of guanidine groups is 1. The number of sulfonamides is 1. The highest BCUT2D eigenvalue weighted by Crippen LogP contribution is 2.13. The van der Waals surface area contributed by atoms with Gasteiger partial charge in [-0.05, 0) is 39.1 Å². The molecule has 0 radical (unpaired) electrons. The van der Waals surface area contributed by atoms with Crippen molar-refractivity contribution in [3.63, 3.8) is 0 Å². The van der Waals surface area contributed by atoms with E-state index in [0.29, 0.717) is 25.9 Å². The van der Waals surface area contributed by atoms with Crippen LogP contribution < -0.4 is 10.6 Å². The van der Waals surface area contributed by atoms with Crippen molar-refractivity contribution in [2.24, 2.45) is 10.9 Å². The van der Waals surface area contributed by atoms with E-state index < -0.39 is 10.0 Å². The topological polar surface area (TPSA) is 101 Å². The van der Waals surface area contributed by atoms with Gasteiger partial charge in [0.05, 0.1) is 11.3 Å². The van der Waals surface area contributed by atoms with Gasteiger partial charge in [0, 0.05) is 25.7 Å². The molecule has 1 saturated heterocycles. The van der Waals surface area contributed by atoms with Crippen LogP contribution in [0.5, 0.6) is 0 Å². The first-order valence-corrected chi connectivity index (χ1v) is 11.9. The minimum atomic E-state index is -3.12. The summed E-state index contributed by atoms with van der Waals surface area (Å²) in [6.45, 7) is 5.92. The van der Waals surface area contributed by atoms with E-state index in [0.717, 1.165) is 11.6 Å². The molecular weight excluding hydrogens is 372 g/mol. The van der Waals surface area contributed by atoms with Crippen LogP contribution in [-0.4, -0.2) is 87.1 Å². The van der Waals surface area contributed by atoms with Crippen molar-refractivity contribution >= 4 is 32.8 Å². The summed E-state index contributed by atoms with van der Waals surface area (Å²) in [6, 6.07) is 0.103. The quantitative estimate of drug-likeness (QED) is 0.428. The maximum absolute atomic E-state index is 11.6. The van der Waals surface area contributed by atoms with E-state index in [-0.39, 0.29) is 24.1 Å². The van der Waals surface area contributed by atoms with Crippen molar-refractivity contribution in [1.29, 1.82) is 5.41 Å². The van der Waals surface area contributed by atoms with Crippen LogP contribution in [0.3, 0.4) is 0 Å². The van der Waals surface area contributed by atoms with E-state index in [9.17, 15) is 8.42 Å². The number of aliphatic imine (C=N–C) groups is 1. The summed E-state index contributed by atoms with van der Waals surface area (Å²) >= 11 is 1.62. The van der Waals surface area contributed by atoms with E-state index in [1.54, 1.807) is 11.8 Å². The number of hydrogen-bond donors (Lipinski definition) is 3. The van der Waals surface area contributed by atoms with Crippen LogP contribution in [0.15, 0.2) is 4.99 Å². The molecule has 0 aromatic heterocycles. The Morgan fingerprint density at radius 1 is 1.35 bits per heavy atom. The van der Waals surface area contributed by atoms with Gasteiger partial charge in [-0.3, -0.25) is 10.4 Å². The molecule has 1 aliphatic heterocycles. The summed E-state index contributed by atoms with van der Waals surface area (Å²) in [5, 5.41) is 15.6. The molecule has 0 aromatic carbocycles. The molecule has 1 atom stereocenters. The molecule has 26 heavy (non-hydrogen) atoms. The van der Waals surface area contributed by atoms with Crippen LogP contribution in [0.25, 0.3) is 0 Å². The normalized spacial score (nSPS) is 19.0. The molecular formula is C16H34N6O2S2. The fourth-order valence-corrected chi connectivity index (χ4v) is 4.14. The zero-order valence-corrected chi connectivity index (χ0v) is 18.4. The second kappa shape index (κ2) is 10.5. The van der Waals surface area contributed by atoms with Crippen LogP contribution >= 0.6 is 11.8 Å². The summed E-state index contributed by atoms with van der Waals surface area (Å²) in [7, 11) is 0.898. The van der Waals surface area contributed by atoms with Gasteiger partial charge in [-0.15, -0.1) is 11.8 Å². The lowest BCUT2D eigenvalue weighted by Crippen LogP contribution is -2.51. The van der Waals surface area contributed by atoms with Gasteiger partial charge in [0.15, 0.2) is 5.96 Å². The number of nitrogens with one attached hydrogen (secondary N) is 3. The number of thioether (sulfide) groups is 1. The predicted octanol–water partition coefficient (Wildman–Crippen LogP) is 0.830. The highest BCUT2D eigenvalue weighted by Gasteiger charge is 2.25. The molecule has 0 aliphatic carbocycles. The fraction of sp³-hybridized carbons (Fsp3) is 0.875. The zero-order chi connectivity index (χ0) is 19.9. The molecule has 1 unspecified atom stereocenters. The van der Waals surface area contributed by atoms with Crippen molar-refractivity contribution in [3.8, 4) is 0 Å². The van der Waals surface area contributed by atoms with Crippen molar-refractivity contribution in [2.75, 3.05) is 46.2 Å². The van der Waals surface area contributed by atoms with Crippen molar-refractivity contribution in [2.45, 2.75) is 38.9 Å². The minimum Gasteiger partial charge on any atom is -0.354 e. The summed E-state index contributed by atoms with van der Waals surface area (Å²) in [5.41, 5.74) is 0. The Hall–Kier alpha value is -0.840. The van der Waals surface area contributed by atoms with Gasteiger partial charge in [-0.1, -0.05) is 13.8 Å². The summed E-state index contributed by atoms with van der Waals surface area (Å²) in [6.07, 6.45) is 4.48. The SMILES string of the molecule is CS/C(CN(C)C)=N\C(NC(=N)NC1CCN(S(C)(=O)=O)CC1)C(C)C. The van der Waals surface area contributed by atoms with Gasteiger partial charge in [0.2, 0.25) is 10.0 Å². The van der Waals surface area contributed by atoms with Gasteiger partial charge in [-0.25, -0.2) is 12.7 Å². The standard InChI is InChI=1S/C16H34N6O2S2/c1-12(2)15(19-14(25-5)11-21(3)4)20-16(17)18-13-7-9-22(10-8-13)26(6,23)24/h12-13,15H,7-11H2,1-6H3,(H3,17,18,20)/b19-14-. The molecule has 0 spiro atoms. The molecule has 1 aliphatic rings. The molecule has 1 heterocycles. The second-order valence-corrected chi connectivity index (χ2v) is 10.1. The number of piperidine rings is 1. The van der Waals surface area contributed by atoms with Gasteiger partial charge in [-0.2, -0.15) is 0 Å². The van der Waals surface area contributed by atoms with Crippen molar-refractivity contribution in [3.05, 3.63) is 0 Å². The number of hydrogen-bond acceptors (Lipinski definition) is 6. The van der Waals surface area contributed by atoms with Gasteiger partial charge >= 0.3 is 0 Å². The molecule has 152 valence electrons. The highest BCUT2D eigenvalue weighted by molar-refractivity contribution is 8.13. The third-order valence-electron chi connectivity index (χ3n) is 4.17. The Morgan fingerprint density at radius 2 is 1.92 bits per heavy atom. The molecule has 0 bridgehead atoms. The lowest BCUT2D eigenvalue weighted by molar-refractivity contribution is 0.306. The van der Waals surface area contributed by atoms with Crippen molar-refractivity contribution < 1.29 is 8.42 Å². The first-order chi connectivity index (χ1) is 12.0.